The van der Waals surface area contributed by atoms with Gasteiger partial charge < -0.3 is 4.90 Å². The first-order valence-corrected chi connectivity index (χ1v) is 14.6. The third-order valence-corrected chi connectivity index (χ3v) is 9.83. The van der Waals surface area contributed by atoms with Crippen LogP contribution in [0.5, 0.6) is 0 Å². The largest absolute Gasteiger partial charge is 0.374 e. The summed E-state index contributed by atoms with van der Waals surface area (Å²) in [6, 6.07) is 8.04. The van der Waals surface area contributed by atoms with E-state index in [1.807, 2.05) is 39.9 Å². The van der Waals surface area contributed by atoms with Crippen molar-refractivity contribution in [1.82, 2.24) is 18.4 Å². The normalized spacial score (nSPS) is 19.4. The second kappa shape index (κ2) is 10.6. The average molecular weight is 523 g/mol. The Labute approximate surface area is 209 Å². The van der Waals surface area contributed by atoms with E-state index in [0.29, 0.717) is 32.0 Å². The monoisotopic (exact) mass is 522 g/mol. The molecule has 2 aliphatic rings. The van der Waals surface area contributed by atoms with Crippen molar-refractivity contribution < 1.29 is 18.0 Å². The molecule has 11 heteroatoms. The predicted octanol–water partition coefficient (Wildman–Crippen LogP) is 2.42. The van der Waals surface area contributed by atoms with Gasteiger partial charge in [0.2, 0.25) is 0 Å². The Hall–Kier alpha value is -2.21. The topological polar surface area (TPSA) is 81.2 Å². The molecule has 8 nitrogen and oxygen atoms in total. The number of carbonyl (C=O) groups is 2. The van der Waals surface area contributed by atoms with E-state index in [9.17, 15) is 18.0 Å². The van der Waals surface area contributed by atoms with Gasteiger partial charge in [-0.15, -0.1) is 22.7 Å². The summed E-state index contributed by atoms with van der Waals surface area (Å²) >= 11 is 3.03. The molecular weight excluding hydrogens is 492 g/mol. The van der Waals surface area contributed by atoms with Crippen LogP contribution in [-0.4, -0.2) is 84.0 Å². The van der Waals surface area contributed by atoms with Crippen molar-refractivity contribution in [3.05, 3.63) is 56.6 Å². The van der Waals surface area contributed by atoms with Crippen LogP contribution in [-0.2, 0) is 32.6 Å². The second-order valence-electron chi connectivity index (χ2n) is 8.63. The molecule has 4 rings (SSSR count). The van der Waals surface area contributed by atoms with Crippen molar-refractivity contribution in [2.24, 2.45) is 0 Å². The zero-order chi connectivity index (χ0) is 24.3. The lowest BCUT2D eigenvalue weighted by Crippen LogP contribution is -2.57. The maximum Gasteiger partial charge on any atom is 0.331 e. The van der Waals surface area contributed by atoms with E-state index in [-0.39, 0.29) is 18.7 Å². The Morgan fingerprint density at radius 2 is 1.38 bits per heavy atom. The summed E-state index contributed by atoms with van der Waals surface area (Å²) < 4.78 is 28.5. The summed E-state index contributed by atoms with van der Waals surface area (Å²) in [7, 11) is -4.25. The lowest BCUT2D eigenvalue weighted by Gasteiger charge is -2.38. The van der Waals surface area contributed by atoms with Crippen molar-refractivity contribution in [3.63, 3.8) is 0 Å². The van der Waals surface area contributed by atoms with Gasteiger partial charge in [-0.2, -0.15) is 8.42 Å². The molecule has 2 fully saturated rings. The van der Waals surface area contributed by atoms with Crippen LogP contribution < -0.4 is 0 Å². The van der Waals surface area contributed by atoms with Crippen LogP contribution >= 0.6 is 22.7 Å². The molecule has 2 aliphatic heterocycles. The first-order valence-electron chi connectivity index (χ1n) is 11.4. The molecule has 4 heterocycles. The molecule has 2 aromatic heterocycles. The van der Waals surface area contributed by atoms with E-state index in [0.717, 1.165) is 31.5 Å². The molecular formula is C23H30N4O4S3. The van der Waals surface area contributed by atoms with Crippen LogP contribution in [0.25, 0.3) is 0 Å². The number of nitrogens with zero attached hydrogens (tertiary/aromatic N) is 4. The molecule has 2 saturated heterocycles. The van der Waals surface area contributed by atoms with Gasteiger partial charge in [0.25, 0.3) is 11.8 Å². The highest BCUT2D eigenvalue weighted by molar-refractivity contribution is 7.88. The second-order valence-corrected chi connectivity index (χ2v) is 12.5. The fourth-order valence-corrected chi connectivity index (χ4v) is 7.03. The molecule has 2 aromatic rings. The minimum absolute atomic E-state index is 0.00291. The quantitative estimate of drug-likeness (QED) is 0.391. The highest BCUT2D eigenvalue weighted by atomic mass is 32.2. The zero-order valence-corrected chi connectivity index (χ0v) is 21.9. The number of hydrogen-bond acceptors (Lipinski definition) is 8. The molecule has 184 valence electrons. The van der Waals surface area contributed by atoms with Crippen molar-refractivity contribution in [1.29, 1.82) is 0 Å². The number of thiophene rings is 2. The molecule has 0 aliphatic carbocycles. The van der Waals surface area contributed by atoms with Gasteiger partial charge in [0.1, 0.15) is 5.57 Å². The van der Waals surface area contributed by atoms with Crippen molar-refractivity contribution in [3.8, 4) is 0 Å². The summed E-state index contributed by atoms with van der Waals surface area (Å²) in [5.41, 5.74) is -0.0785. The Bertz CT molecular complexity index is 1050. The van der Waals surface area contributed by atoms with Crippen molar-refractivity contribution in [2.75, 3.05) is 39.3 Å². The lowest BCUT2D eigenvalue weighted by atomic mass is 10.2. The molecule has 0 bridgehead atoms. The number of carbonyl (C=O) groups excluding carboxylic acids is 2. The van der Waals surface area contributed by atoms with Crippen LogP contribution in [0, 0.1) is 0 Å². The van der Waals surface area contributed by atoms with E-state index in [1.165, 1.54) is 22.7 Å². The van der Waals surface area contributed by atoms with Gasteiger partial charge >= 0.3 is 10.2 Å². The van der Waals surface area contributed by atoms with Crippen LogP contribution in [0.4, 0.5) is 0 Å². The maximum absolute atomic E-state index is 13.4. The molecule has 0 saturated carbocycles. The minimum Gasteiger partial charge on any atom is -0.374 e. The Kier molecular flexibility index (Phi) is 7.76. The number of amides is 2. The van der Waals surface area contributed by atoms with Gasteiger partial charge in [0, 0.05) is 74.1 Å². The van der Waals surface area contributed by atoms with Crippen LogP contribution in [0.3, 0.4) is 0 Å². The summed E-state index contributed by atoms with van der Waals surface area (Å²) in [5, 5.41) is 3.84. The van der Waals surface area contributed by atoms with Crippen LogP contribution in [0.1, 0.15) is 23.6 Å². The first-order chi connectivity index (χ1) is 16.3. The third-order valence-electron chi connectivity index (χ3n) is 6.14. The van der Waals surface area contributed by atoms with Crippen molar-refractivity contribution in [2.45, 2.75) is 32.7 Å². The van der Waals surface area contributed by atoms with Crippen LogP contribution in [0.15, 0.2) is 46.8 Å². The van der Waals surface area contributed by atoms with E-state index < -0.39 is 22.0 Å². The number of hydrogen-bond donors (Lipinski definition) is 0. The lowest BCUT2D eigenvalue weighted by molar-refractivity contribution is -0.132. The fraction of sp³-hybridized carbons (Fsp3) is 0.478. The van der Waals surface area contributed by atoms with Gasteiger partial charge in [-0.25, -0.2) is 8.61 Å². The highest BCUT2D eigenvalue weighted by Crippen LogP contribution is 2.25. The van der Waals surface area contributed by atoms with Gasteiger partial charge in [0.15, 0.2) is 0 Å². The summed E-state index contributed by atoms with van der Waals surface area (Å²) in [6.45, 7) is 7.30. The molecule has 0 N–H and O–H groups in total. The average Bonchev–Trinajstić information content (AvgIpc) is 3.51. The van der Waals surface area contributed by atoms with Crippen LogP contribution in [0.2, 0.25) is 0 Å². The molecule has 34 heavy (non-hydrogen) atoms. The predicted molar refractivity (Wildman–Crippen MR) is 135 cm³/mol. The smallest absolute Gasteiger partial charge is 0.331 e. The van der Waals surface area contributed by atoms with E-state index in [1.54, 1.807) is 6.20 Å². The Balaban J connectivity index is 1.59. The minimum atomic E-state index is -4.25. The van der Waals surface area contributed by atoms with Gasteiger partial charge in [-0.05, 0) is 36.7 Å². The van der Waals surface area contributed by atoms with E-state index >= 15 is 0 Å². The zero-order valence-electron chi connectivity index (χ0n) is 19.4. The summed E-state index contributed by atoms with van der Waals surface area (Å²) in [6.07, 6.45) is 2.40. The summed E-state index contributed by atoms with van der Waals surface area (Å²) in [5.74, 6) is -1.47. The first kappa shape index (κ1) is 24.9. The SMILES string of the molecule is CC(C)N1CCN(C=C2C(=O)N(CCc3cccs3)S(=O)(=O)N(CCc3cccs3)C2=O)CC1. The Morgan fingerprint density at radius 3 is 1.79 bits per heavy atom. The molecule has 0 radical (unpaired) electrons. The molecule has 0 aromatic carbocycles. The van der Waals surface area contributed by atoms with Gasteiger partial charge in [-0.1, -0.05) is 12.1 Å². The van der Waals surface area contributed by atoms with E-state index in [4.69, 9.17) is 0 Å². The van der Waals surface area contributed by atoms with Gasteiger partial charge in [-0.3, -0.25) is 14.5 Å². The Morgan fingerprint density at radius 1 is 0.882 bits per heavy atom. The number of rotatable bonds is 8. The maximum atomic E-state index is 13.4. The standard InChI is InChI=1S/C23H30N4O4S3/c1-18(2)25-13-11-24(12-14-25)17-21-22(28)26(9-7-19-5-3-15-32-19)34(30,31)27(23(21)29)10-8-20-6-4-16-33-20/h3-6,15-18H,7-14H2,1-2H3. The molecule has 2 amide bonds. The highest BCUT2D eigenvalue weighted by Gasteiger charge is 2.46. The molecule has 0 unspecified atom stereocenters. The fourth-order valence-electron chi connectivity index (χ4n) is 4.13. The van der Waals surface area contributed by atoms with E-state index in [2.05, 4.69) is 18.7 Å². The number of piperazine rings is 1. The van der Waals surface area contributed by atoms with Gasteiger partial charge in [0.05, 0.1) is 0 Å². The summed E-state index contributed by atoms with van der Waals surface area (Å²) in [4.78, 5) is 32.9. The molecule has 0 atom stereocenters. The third kappa shape index (κ3) is 5.37. The van der Waals surface area contributed by atoms with Crippen molar-refractivity contribution >= 4 is 44.7 Å². The molecule has 0 spiro atoms.